The van der Waals surface area contributed by atoms with Crippen LogP contribution in [0.4, 0.5) is 11.5 Å². The van der Waals surface area contributed by atoms with Gasteiger partial charge in [0.25, 0.3) is 0 Å². The van der Waals surface area contributed by atoms with Crippen LogP contribution in [0.15, 0.2) is 42.9 Å². The molecule has 2 saturated heterocycles. The van der Waals surface area contributed by atoms with Crippen molar-refractivity contribution < 1.29 is 9.59 Å². The standard InChI is InChI=1S/C22H27ClN6O2/c23-18-4-1-5-19(13-18)27-9-11-28(12-10-27)21(30)15-26-22(31)17-3-2-8-29(16-17)20-14-24-6-7-25-20/h1,4-7,13-14,17H,2-3,8-12,15-16H2,(H,26,31). The highest BCUT2D eigenvalue weighted by atomic mass is 35.5. The number of benzene rings is 1. The van der Waals surface area contributed by atoms with Gasteiger partial charge in [-0.15, -0.1) is 0 Å². The normalized spacial score (nSPS) is 19.3. The molecule has 3 heterocycles. The Morgan fingerprint density at radius 1 is 1.10 bits per heavy atom. The largest absolute Gasteiger partial charge is 0.368 e. The topological polar surface area (TPSA) is 81.7 Å². The van der Waals surface area contributed by atoms with E-state index in [2.05, 4.69) is 25.1 Å². The fraction of sp³-hybridized carbons (Fsp3) is 0.455. The fourth-order valence-electron chi connectivity index (χ4n) is 4.16. The van der Waals surface area contributed by atoms with Gasteiger partial charge < -0.3 is 20.0 Å². The van der Waals surface area contributed by atoms with E-state index in [1.807, 2.05) is 29.2 Å². The second kappa shape index (κ2) is 9.96. The maximum Gasteiger partial charge on any atom is 0.242 e. The van der Waals surface area contributed by atoms with Crippen LogP contribution in [0.1, 0.15) is 12.8 Å². The summed E-state index contributed by atoms with van der Waals surface area (Å²) in [5.74, 6) is 0.525. The van der Waals surface area contributed by atoms with Crippen molar-refractivity contribution in [2.45, 2.75) is 12.8 Å². The summed E-state index contributed by atoms with van der Waals surface area (Å²) in [5, 5.41) is 3.56. The van der Waals surface area contributed by atoms with Gasteiger partial charge in [-0.3, -0.25) is 14.6 Å². The lowest BCUT2D eigenvalue weighted by Gasteiger charge is -2.36. The lowest BCUT2D eigenvalue weighted by atomic mass is 9.97. The first kappa shape index (κ1) is 21.4. The molecule has 2 aliphatic rings. The molecule has 31 heavy (non-hydrogen) atoms. The van der Waals surface area contributed by atoms with Crippen LogP contribution >= 0.6 is 11.6 Å². The molecule has 1 atom stereocenters. The fourth-order valence-corrected chi connectivity index (χ4v) is 4.34. The van der Waals surface area contributed by atoms with Crippen LogP contribution in [-0.4, -0.2) is 72.5 Å². The first-order valence-electron chi connectivity index (χ1n) is 10.7. The monoisotopic (exact) mass is 442 g/mol. The number of piperazine rings is 1. The Kier molecular flexibility index (Phi) is 6.86. The number of carbonyl (C=O) groups is 2. The molecule has 1 N–H and O–H groups in total. The van der Waals surface area contributed by atoms with E-state index in [1.54, 1.807) is 18.6 Å². The van der Waals surface area contributed by atoms with Gasteiger partial charge >= 0.3 is 0 Å². The Morgan fingerprint density at radius 3 is 2.68 bits per heavy atom. The number of anilines is 2. The molecule has 1 unspecified atom stereocenters. The van der Waals surface area contributed by atoms with E-state index in [9.17, 15) is 9.59 Å². The highest BCUT2D eigenvalue weighted by Crippen LogP contribution is 2.22. The smallest absolute Gasteiger partial charge is 0.242 e. The summed E-state index contributed by atoms with van der Waals surface area (Å²) in [6.45, 7) is 4.24. The lowest BCUT2D eigenvalue weighted by molar-refractivity contribution is -0.134. The van der Waals surface area contributed by atoms with Crippen molar-refractivity contribution in [3.63, 3.8) is 0 Å². The third kappa shape index (κ3) is 5.44. The molecule has 4 rings (SSSR count). The summed E-state index contributed by atoms with van der Waals surface area (Å²) in [7, 11) is 0. The number of amides is 2. The Balaban J connectivity index is 1.23. The van der Waals surface area contributed by atoms with Crippen molar-refractivity contribution in [2.24, 2.45) is 5.92 Å². The molecule has 2 aliphatic heterocycles. The number of aromatic nitrogens is 2. The third-order valence-corrected chi connectivity index (χ3v) is 6.12. The Bertz CT molecular complexity index is 904. The van der Waals surface area contributed by atoms with E-state index >= 15 is 0 Å². The van der Waals surface area contributed by atoms with Crippen LogP contribution in [-0.2, 0) is 9.59 Å². The summed E-state index contributed by atoms with van der Waals surface area (Å²) in [5.41, 5.74) is 1.07. The predicted molar refractivity (Wildman–Crippen MR) is 120 cm³/mol. The highest BCUT2D eigenvalue weighted by Gasteiger charge is 2.28. The summed E-state index contributed by atoms with van der Waals surface area (Å²) < 4.78 is 0. The number of hydrogen-bond acceptors (Lipinski definition) is 6. The zero-order chi connectivity index (χ0) is 21.6. The number of carbonyl (C=O) groups excluding carboxylic acids is 2. The van der Waals surface area contributed by atoms with Crippen LogP contribution in [0.25, 0.3) is 0 Å². The van der Waals surface area contributed by atoms with Crippen LogP contribution in [0, 0.1) is 5.92 Å². The molecule has 1 aromatic heterocycles. The van der Waals surface area contributed by atoms with Gasteiger partial charge in [-0.1, -0.05) is 17.7 Å². The molecule has 164 valence electrons. The zero-order valence-corrected chi connectivity index (χ0v) is 18.2. The van der Waals surface area contributed by atoms with Gasteiger partial charge in [-0.25, -0.2) is 4.98 Å². The molecule has 9 heteroatoms. The van der Waals surface area contributed by atoms with Gasteiger partial charge in [-0.2, -0.15) is 0 Å². The molecule has 0 bridgehead atoms. The van der Waals surface area contributed by atoms with Gasteiger partial charge in [0, 0.05) is 62.4 Å². The first-order chi connectivity index (χ1) is 15.1. The molecular weight excluding hydrogens is 416 g/mol. The van der Waals surface area contributed by atoms with E-state index < -0.39 is 0 Å². The van der Waals surface area contributed by atoms with Crippen molar-refractivity contribution in [3.05, 3.63) is 47.9 Å². The number of nitrogens with one attached hydrogen (secondary N) is 1. The number of piperidine rings is 1. The van der Waals surface area contributed by atoms with Crippen LogP contribution < -0.4 is 15.1 Å². The van der Waals surface area contributed by atoms with E-state index in [1.165, 1.54) is 0 Å². The van der Waals surface area contributed by atoms with Crippen LogP contribution in [0.5, 0.6) is 0 Å². The quantitative estimate of drug-likeness (QED) is 0.760. The Labute approximate surface area is 187 Å². The van der Waals surface area contributed by atoms with Gasteiger partial charge in [0.2, 0.25) is 11.8 Å². The van der Waals surface area contributed by atoms with E-state index in [0.29, 0.717) is 24.7 Å². The summed E-state index contributed by atoms with van der Waals surface area (Å²) in [4.78, 5) is 39.8. The minimum Gasteiger partial charge on any atom is -0.368 e. The Morgan fingerprint density at radius 2 is 1.94 bits per heavy atom. The summed E-state index contributed by atoms with van der Waals surface area (Å²) in [6.07, 6.45) is 6.73. The zero-order valence-electron chi connectivity index (χ0n) is 17.4. The number of hydrogen-bond donors (Lipinski definition) is 1. The van der Waals surface area contributed by atoms with Gasteiger partial charge in [0.15, 0.2) is 0 Å². The molecule has 0 spiro atoms. The van der Waals surface area contributed by atoms with Gasteiger partial charge in [0.05, 0.1) is 18.7 Å². The van der Waals surface area contributed by atoms with E-state index in [-0.39, 0.29) is 24.3 Å². The molecule has 2 amide bonds. The molecule has 0 radical (unpaired) electrons. The van der Waals surface area contributed by atoms with Crippen LogP contribution in [0.3, 0.4) is 0 Å². The average Bonchev–Trinajstić information content (AvgIpc) is 2.83. The minimum absolute atomic E-state index is 0.0393. The molecule has 8 nitrogen and oxygen atoms in total. The predicted octanol–water partition coefficient (Wildman–Crippen LogP) is 1.81. The molecule has 0 aliphatic carbocycles. The first-order valence-corrected chi connectivity index (χ1v) is 11.0. The third-order valence-electron chi connectivity index (χ3n) is 5.89. The molecule has 1 aromatic carbocycles. The van der Waals surface area contributed by atoms with Gasteiger partial charge in [-0.05, 0) is 31.0 Å². The second-order valence-corrected chi connectivity index (χ2v) is 8.35. The summed E-state index contributed by atoms with van der Waals surface area (Å²) >= 11 is 6.08. The van der Waals surface area contributed by atoms with Crippen molar-refractivity contribution in [1.82, 2.24) is 20.2 Å². The molecule has 2 fully saturated rings. The SMILES string of the molecule is O=C(NCC(=O)N1CCN(c2cccc(Cl)c2)CC1)C1CCCN(c2cnccn2)C1. The maximum atomic E-state index is 12.7. The summed E-state index contributed by atoms with van der Waals surface area (Å²) in [6, 6.07) is 7.75. The highest BCUT2D eigenvalue weighted by molar-refractivity contribution is 6.30. The van der Waals surface area contributed by atoms with E-state index in [4.69, 9.17) is 11.6 Å². The minimum atomic E-state index is -0.150. The van der Waals surface area contributed by atoms with Crippen molar-refractivity contribution in [3.8, 4) is 0 Å². The maximum absolute atomic E-state index is 12.7. The number of nitrogens with zero attached hydrogens (tertiary/aromatic N) is 5. The molecular formula is C22H27ClN6O2. The molecule has 0 saturated carbocycles. The van der Waals surface area contributed by atoms with Crippen molar-refractivity contribution in [1.29, 1.82) is 0 Å². The second-order valence-electron chi connectivity index (χ2n) is 7.91. The Hall–Kier alpha value is -2.87. The number of rotatable bonds is 5. The van der Waals surface area contributed by atoms with Crippen molar-refractivity contribution in [2.75, 3.05) is 55.6 Å². The van der Waals surface area contributed by atoms with Gasteiger partial charge in [0.1, 0.15) is 5.82 Å². The average molecular weight is 443 g/mol. The van der Waals surface area contributed by atoms with E-state index in [0.717, 1.165) is 44.0 Å². The van der Waals surface area contributed by atoms with Crippen LogP contribution in [0.2, 0.25) is 5.02 Å². The van der Waals surface area contributed by atoms with Crippen molar-refractivity contribution >= 4 is 34.9 Å². The molecule has 2 aromatic rings. The lowest BCUT2D eigenvalue weighted by Crippen LogP contribution is -2.52. The number of halogens is 1.